The molecule has 0 spiro atoms. The van der Waals surface area contributed by atoms with Gasteiger partial charge in [-0.25, -0.2) is 5.06 Å². The second-order valence-corrected chi connectivity index (χ2v) is 2.70. The van der Waals surface area contributed by atoms with Crippen LogP contribution in [0.2, 0.25) is 0 Å². The lowest BCUT2D eigenvalue weighted by molar-refractivity contribution is -0.189. The maximum Gasteiger partial charge on any atom is 0.397 e. The summed E-state index contributed by atoms with van der Waals surface area (Å²) < 4.78 is 35.1. The van der Waals surface area contributed by atoms with Crippen molar-refractivity contribution in [3.8, 4) is 0 Å². The Morgan fingerprint density at radius 3 is 2.62 bits per heavy atom. The molecule has 13 heavy (non-hydrogen) atoms. The van der Waals surface area contributed by atoms with E-state index in [1.54, 1.807) is 0 Å². The van der Waals surface area contributed by atoms with Crippen molar-refractivity contribution in [1.29, 1.82) is 0 Å². The van der Waals surface area contributed by atoms with Crippen LogP contribution in [0.25, 0.3) is 0 Å². The highest BCUT2D eigenvalue weighted by molar-refractivity contribution is 5.75. The fourth-order valence-corrected chi connectivity index (χ4v) is 0.906. The van der Waals surface area contributed by atoms with Crippen LogP contribution in [-0.4, -0.2) is 41.5 Å². The quantitative estimate of drug-likeness (QED) is 0.650. The molecule has 1 aliphatic rings. The molecule has 7 heteroatoms. The number of hydrogen-bond donors (Lipinski definition) is 1. The number of amides is 1. The molecular formula is C6H8F3NO3. The topological polar surface area (TPSA) is 49.8 Å². The molecule has 1 aliphatic heterocycles. The van der Waals surface area contributed by atoms with Gasteiger partial charge in [-0.05, 0) is 0 Å². The summed E-state index contributed by atoms with van der Waals surface area (Å²) in [7, 11) is 0. The van der Waals surface area contributed by atoms with Gasteiger partial charge in [0.2, 0.25) is 0 Å². The van der Waals surface area contributed by atoms with Crippen molar-refractivity contribution in [3.63, 3.8) is 0 Å². The zero-order valence-corrected chi connectivity index (χ0v) is 6.54. The normalized spacial score (nSPS) is 23.7. The maximum atomic E-state index is 11.7. The van der Waals surface area contributed by atoms with Crippen LogP contribution in [0.3, 0.4) is 0 Å². The summed E-state index contributed by atoms with van der Waals surface area (Å²) in [6.07, 6.45) is -6.98. The Hall–Kier alpha value is -0.820. The molecule has 0 saturated carbocycles. The van der Waals surface area contributed by atoms with E-state index in [2.05, 4.69) is 4.84 Å². The molecule has 1 rings (SSSR count). The van der Waals surface area contributed by atoms with Crippen LogP contribution in [0, 0.1) is 0 Å². The summed E-state index contributed by atoms with van der Waals surface area (Å²) in [6, 6.07) is 0. The van der Waals surface area contributed by atoms with Crippen molar-refractivity contribution < 1.29 is 27.9 Å². The largest absolute Gasteiger partial charge is 0.397 e. The Kier molecular flexibility index (Phi) is 2.77. The van der Waals surface area contributed by atoms with Gasteiger partial charge in [-0.15, -0.1) is 0 Å². The molecule has 0 aromatic heterocycles. The molecule has 0 bridgehead atoms. The number of halogens is 3. The molecule has 1 fully saturated rings. The highest BCUT2D eigenvalue weighted by Crippen LogP contribution is 2.21. The first kappa shape index (κ1) is 10.3. The van der Waals surface area contributed by atoms with Gasteiger partial charge in [-0.2, -0.15) is 13.2 Å². The fourth-order valence-electron chi connectivity index (χ4n) is 0.906. The lowest BCUT2D eigenvalue weighted by atomic mass is 10.3. The molecule has 76 valence electrons. The number of aliphatic hydroxyl groups is 1. The number of carbonyl (C=O) groups is 1. The van der Waals surface area contributed by atoms with Gasteiger partial charge in [0.1, 0.15) is 13.0 Å². The van der Waals surface area contributed by atoms with E-state index in [1.807, 2.05) is 0 Å². The lowest BCUT2D eigenvalue weighted by Crippen LogP contribution is -2.32. The zero-order chi connectivity index (χ0) is 10.1. The van der Waals surface area contributed by atoms with E-state index in [0.29, 0.717) is 5.06 Å². The highest BCUT2D eigenvalue weighted by atomic mass is 19.4. The van der Waals surface area contributed by atoms with E-state index in [9.17, 15) is 18.0 Å². The Morgan fingerprint density at radius 2 is 2.23 bits per heavy atom. The molecule has 1 N–H and O–H groups in total. The SMILES string of the molecule is O=C(CC(F)(F)F)N1C[C@H](O)CO1. The smallest absolute Gasteiger partial charge is 0.389 e. The van der Waals surface area contributed by atoms with E-state index in [-0.39, 0.29) is 13.2 Å². The third-order valence-electron chi connectivity index (χ3n) is 1.43. The molecule has 1 saturated heterocycles. The third-order valence-corrected chi connectivity index (χ3v) is 1.43. The Labute approximate surface area is 71.8 Å². The number of nitrogens with zero attached hydrogens (tertiary/aromatic N) is 1. The van der Waals surface area contributed by atoms with Crippen LogP contribution in [0.4, 0.5) is 13.2 Å². The van der Waals surface area contributed by atoms with Crippen molar-refractivity contribution in [2.24, 2.45) is 0 Å². The molecule has 4 nitrogen and oxygen atoms in total. The van der Waals surface area contributed by atoms with Crippen molar-refractivity contribution >= 4 is 5.91 Å². The standard InChI is InChI=1S/C6H8F3NO3/c7-6(8,9)1-5(12)10-2-4(11)3-13-10/h4,11H,1-3H2/t4-/m0/s1. The minimum Gasteiger partial charge on any atom is -0.389 e. The van der Waals surface area contributed by atoms with Gasteiger partial charge >= 0.3 is 6.18 Å². The number of alkyl halides is 3. The average molecular weight is 199 g/mol. The minimum absolute atomic E-state index is 0.135. The number of aliphatic hydroxyl groups excluding tert-OH is 1. The first-order chi connectivity index (χ1) is 5.88. The van der Waals surface area contributed by atoms with Crippen LogP contribution >= 0.6 is 0 Å². The second-order valence-electron chi connectivity index (χ2n) is 2.70. The number of hydrogen-bond acceptors (Lipinski definition) is 3. The van der Waals surface area contributed by atoms with Crippen LogP contribution in [0.1, 0.15) is 6.42 Å². The van der Waals surface area contributed by atoms with Crippen molar-refractivity contribution in [3.05, 3.63) is 0 Å². The zero-order valence-electron chi connectivity index (χ0n) is 6.54. The van der Waals surface area contributed by atoms with Gasteiger partial charge in [-0.3, -0.25) is 9.63 Å². The summed E-state index contributed by atoms with van der Waals surface area (Å²) >= 11 is 0. The summed E-state index contributed by atoms with van der Waals surface area (Å²) in [5.74, 6) is -1.18. The predicted molar refractivity (Wildman–Crippen MR) is 34.3 cm³/mol. The number of carbonyl (C=O) groups excluding carboxylic acids is 1. The molecular weight excluding hydrogens is 191 g/mol. The maximum absolute atomic E-state index is 11.7. The highest BCUT2D eigenvalue weighted by Gasteiger charge is 2.36. The molecule has 0 aliphatic carbocycles. The molecule has 1 heterocycles. The van der Waals surface area contributed by atoms with E-state index in [0.717, 1.165) is 0 Å². The Morgan fingerprint density at radius 1 is 1.62 bits per heavy atom. The minimum atomic E-state index is -4.53. The summed E-state index contributed by atoms with van der Waals surface area (Å²) in [6.45, 7) is -0.335. The molecule has 0 aromatic carbocycles. The van der Waals surface area contributed by atoms with E-state index in [1.165, 1.54) is 0 Å². The van der Waals surface area contributed by atoms with Gasteiger partial charge in [0.25, 0.3) is 5.91 Å². The molecule has 1 atom stereocenters. The predicted octanol–water partition coefficient (Wildman–Crippen LogP) is 0.0735. The number of rotatable bonds is 1. The number of hydroxylamine groups is 2. The monoisotopic (exact) mass is 199 g/mol. The van der Waals surface area contributed by atoms with Crippen molar-refractivity contribution in [1.82, 2.24) is 5.06 Å². The molecule has 1 amide bonds. The van der Waals surface area contributed by atoms with Crippen molar-refractivity contribution in [2.45, 2.75) is 18.7 Å². The van der Waals surface area contributed by atoms with Gasteiger partial charge < -0.3 is 5.11 Å². The van der Waals surface area contributed by atoms with E-state index in [4.69, 9.17) is 5.11 Å². The Bertz CT molecular complexity index is 206. The second kappa shape index (κ2) is 3.51. The fraction of sp³-hybridized carbons (Fsp3) is 0.833. The average Bonchev–Trinajstić information content (AvgIpc) is 2.31. The van der Waals surface area contributed by atoms with Gasteiger partial charge in [-0.1, -0.05) is 0 Å². The number of β-amino-alcohol motifs (C(OH)–C–C–N with tert-alkyl or cyclic N) is 1. The van der Waals surface area contributed by atoms with Crippen LogP contribution in [-0.2, 0) is 9.63 Å². The van der Waals surface area contributed by atoms with Crippen LogP contribution in [0.15, 0.2) is 0 Å². The third kappa shape index (κ3) is 3.19. The molecule has 0 aromatic rings. The molecule has 0 radical (unpaired) electrons. The van der Waals surface area contributed by atoms with Crippen LogP contribution < -0.4 is 0 Å². The lowest BCUT2D eigenvalue weighted by Gasteiger charge is -2.14. The summed E-state index contributed by atoms with van der Waals surface area (Å²) in [5.41, 5.74) is 0. The Balaban J connectivity index is 2.41. The van der Waals surface area contributed by atoms with Crippen molar-refractivity contribution in [2.75, 3.05) is 13.2 Å². The summed E-state index contributed by atoms with van der Waals surface area (Å²) in [5, 5.41) is 9.39. The summed E-state index contributed by atoms with van der Waals surface area (Å²) in [4.78, 5) is 15.3. The van der Waals surface area contributed by atoms with Gasteiger partial charge in [0.05, 0.1) is 12.6 Å². The first-order valence-electron chi connectivity index (χ1n) is 3.56. The first-order valence-corrected chi connectivity index (χ1v) is 3.56. The van der Waals surface area contributed by atoms with E-state index < -0.39 is 24.6 Å². The van der Waals surface area contributed by atoms with E-state index >= 15 is 0 Å². The van der Waals surface area contributed by atoms with Crippen LogP contribution in [0.5, 0.6) is 0 Å². The van der Waals surface area contributed by atoms with Gasteiger partial charge in [0.15, 0.2) is 0 Å². The molecule has 0 unspecified atom stereocenters. The van der Waals surface area contributed by atoms with Gasteiger partial charge in [0, 0.05) is 0 Å².